The zero-order valence-electron chi connectivity index (χ0n) is 7.79. The molecular weight excluding hydrogens is 234 g/mol. The van der Waals surface area contributed by atoms with Crippen LogP contribution in [0.4, 0.5) is 0 Å². The van der Waals surface area contributed by atoms with Crippen LogP contribution in [0.15, 0.2) is 24.3 Å². The van der Waals surface area contributed by atoms with Crippen LogP contribution < -0.4 is 16.2 Å². The summed E-state index contributed by atoms with van der Waals surface area (Å²) >= 11 is 10.6. The van der Waals surface area contributed by atoms with Gasteiger partial charge in [0.25, 0.3) is 0 Å². The first-order chi connectivity index (χ1) is 7.22. The molecule has 0 aliphatic carbocycles. The van der Waals surface area contributed by atoms with Crippen molar-refractivity contribution in [2.75, 3.05) is 0 Å². The molecule has 1 amide bonds. The number of nitrogens with one attached hydrogen (secondary N) is 3. The van der Waals surface area contributed by atoms with Crippen LogP contribution in [-0.4, -0.2) is 11.5 Å². The number of thiocarbonyl (C=S) groups is 1. The van der Waals surface area contributed by atoms with Gasteiger partial charge in [-0.05, 0) is 29.9 Å². The van der Waals surface area contributed by atoms with Crippen LogP contribution >= 0.6 is 23.8 Å². The lowest BCUT2D eigenvalue weighted by molar-refractivity contribution is -0.110. The van der Waals surface area contributed by atoms with Gasteiger partial charge in [-0.2, -0.15) is 0 Å². The molecule has 0 aliphatic heterocycles. The summed E-state index contributed by atoms with van der Waals surface area (Å²) in [7, 11) is 0. The third kappa shape index (κ3) is 4.62. The molecule has 0 bridgehead atoms. The van der Waals surface area contributed by atoms with Crippen LogP contribution in [0.25, 0.3) is 0 Å². The van der Waals surface area contributed by atoms with Crippen molar-refractivity contribution in [1.29, 1.82) is 0 Å². The molecule has 0 fully saturated rings. The Balaban J connectivity index is 2.33. The van der Waals surface area contributed by atoms with Gasteiger partial charge in [-0.3, -0.25) is 15.6 Å². The predicted molar refractivity (Wildman–Crippen MR) is 63.2 cm³/mol. The van der Waals surface area contributed by atoms with Crippen molar-refractivity contribution >= 4 is 35.3 Å². The minimum Gasteiger partial charge on any atom is -0.357 e. The van der Waals surface area contributed by atoms with Crippen molar-refractivity contribution in [3.8, 4) is 0 Å². The van der Waals surface area contributed by atoms with Gasteiger partial charge in [0.2, 0.25) is 6.41 Å². The van der Waals surface area contributed by atoms with Crippen molar-refractivity contribution in [3.63, 3.8) is 0 Å². The Morgan fingerprint density at radius 1 is 1.40 bits per heavy atom. The van der Waals surface area contributed by atoms with E-state index in [4.69, 9.17) is 23.8 Å². The summed E-state index contributed by atoms with van der Waals surface area (Å²) in [4.78, 5) is 9.95. The number of carbonyl (C=O) groups excluding carboxylic acids is 1. The summed E-state index contributed by atoms with van der Waals surface area (Å²) < 4.78 is 0. The average molecular weight is 244 g/mol. The number of amides is 1. The van der Waals surface area contributed by atoms with Crippen LogP contribution in [-0.2, 0) is 11.3 Å². The standard InChI is InChI=1S/C9H10ClN3OS/c10-8-3-1-7(2-4-8)5-11-9(15)13-12-6-14/h1-4,6H,5H2,(H,12,14)(H2,11,13,15). The highest BCUT2D eigenvalue weighted by Gasteiger charge is 1.95. The summed E-state index contributed by atoms with van der Waals surface area (Å²) in [6.45, 7) is 0.573. The third-order valence-electron chi connectivity index (χ3n) is 1.61. The molecule has 1 rings (SSSR count). The molecule has 1 aromatic rings. The van der Waals surface area contributed by atoms with Crippen molar-refractivity contribution in [2.45, 2.75) is 6.54 Å². The molecule has 0 spiro atoms. The Labute approximate surface area is 98.0 Å². The molecule has 0 saturated carbocycles. The highest BCUT2D eigenvalue weighted by Crippen LogP contribution is 2.08. The largest absolute Gasteiger partial charge is 0.357 e. The third-order valence-corrected chi connectivity index (χ3v) is 2.11. The fraction of sp³-hybridized carbons (Fsp3) is 0.111. The fourth-order valence-corrected chi connectivity index (χ4v) is 1.18. The summed E-state index contributed by atoms with van der Waals surface area (Å²) in [5.74, 6) is 0. The molecule has 0 saturated heterocycles. The van der Waals surface area contributed by atoms with E-state index in [1.807, 2.05) is 12.1 Å². The van der Waals surface area contributed by atoms with E-state index < -0.39 is 0 Å². The zero-order chi connectivity index (χ0) is 11.1. The summed E-state index contributed by atoms with van der Waals surface area (Å²) in [5, 5.41) is 3.96. The Kier molecular flexibility index (Phi) is 4.86. The molecule has 0 aromatic heterocycles. The normalized spacial score (nSPS) is 9.13. The molecular formula is C9H10ClN3OS. The van der Waals surface area contributed by atoms with E-state index >= 15 is 0 Å². The summed E-state index contributed by atoms with van der Waals surface area (Å²) in [5.41, 5.74) is 5.78. The van der Waals surface area contributed by atoms with Gasteiger partial charge in [-0.25, -0.2) is 0 Å². The van der Waals surface area contributed by atoms with Gasteiger partial charge >= 0.3 is 0 Å². The average Bonchev–Trinajstić information content (AvgIpc) is 2.25. The predicted octanol–water partition coefficient (Wildman–Crippen LogP) is 0.965. The fourth-order valence-electron chi connectivity index (χ4n) is 0.924. The number of hydrogen-bond donors (Lipinski definition) is 3. The second kappa shape index (κ2) is 6.21. The van der Waals surface area contributed by atoms with E-state index in [1.54, 1.807) is 12.1 Å². The summed E-state index contributed by atoms with van der Waals surface area (Å²) in [6, 6.07) is 7.40. The lowest BCUT2D eigenvalue weighted by atomic mass is 10.2. The number of hydrogen-bond acceptors (Lipinski definition) is 2. The molecule has 4 nitrogen and oxygen atoms in total. The maximum atomic E-state index is 9.95. The molecule has 3 N–H and O–H groups in total. The molecule has 0 heterocycles. The van der Waals surface area contributed by atoms with Gasteiger partial charge in [-0.15, -0.1) is 0 Å². The maximum Gasteiger partial charge on any atom is 0.225 e. The van der Waals surface area contributed by atoms with Crippen LogP contribution in [0, 0.1) is 0 Å². The van der Waals surface area contributed by atoms with Crippen molar-refractivity contribution in [1.82, 2.24) is 16.2 Å². The minimum absolute atomic E-state index is 0.358. The Bertz CT molecular complexity index is 342. The zero-order valence-corrected chi connectivity index (χ0v) is 9.36. The lowest BCUT2D eigenvalue weighted by Gasteiger charge is -2.08. The lowest BCUT2D eigenvalue weighted by Crippen LogP contribution is -2.42. The quantitative estimate of drug-likeness (QED) is 0.419. The van der Waals surface area contributed by atoms with Gasteiger partial charge in [0.15, 0.2) is 5.11 Å². The van der Waals surface area contributed by atoms with E-state index in [0.29, 0.717) is 23.1 Å². The van der Waals surface area contributed by atoms with E-state index in [9.17, 15) is 4.79 Å². The van der Waals surface area contributed by atoms with Gasteiger partial charge in [0.05, 0.1) is 0 Å². The minimum atomic E-state index is 0.358. The Morgan fingerprint density at radius 2 is 2.07 bits per heavy atom. The highest BCUT2D eigenvalue weighted by molar-refractivity contribution is 7.80. The smallest absolute Gasteiger partial charge is 0.225 e. The number of halogens is 1. The van der Waals surface area contributed by atoms with Gasteiger partial charge < -0.3 is 5.32 Å². The van der Waals surface area contributed by atoms with E-state index in [2.05, 4.69) is 16.2 Å². The monoisotopic (exact) mass is 243 g/mol. The first kappa shape index (κ1) is 11.7. The van der Waals surface area contributed by atoms with Crippen LogP contribution in [0.5, 0.6) is 0 Å². The second-order valence-electron chi connectivity index (χ2n) is 2.70. The second-order valence-corrected chi connectivity index (χ2v) is 3.54. The van der Waals surface area contributed by atoms with Gasteiger partial charge in [0.1, 0.15) is 0 Å². The Morgan fingerprint density at radius 3 is 2.67 bits per heavy atom. The first-order valence-electron chi connectivity index (χ1n) is 4.20. The van der Waals surface area contributed by atoms with Crippen molar-refractivity contribution in [3.05, 3.63) is 34.9 Å². The van der Waals surface area contributed by atoms with E-state index in [1.165, 1.54) is 0 Å². The number of carbonyl (C=O) groups is 1. The topological polar surface area (TPSA) is 53.2 Å². The highest BCUT2D eigenvalue weighted by atomic mass is 35.5. The van der Waals surface area contributed by atoms with Crippen LogP contribution in [0.2, 0.25) is 5.02 Å². The molecule has 1 aromatic carbocycles. The number of hydrazine groups is 1. The molecule has 15 heavy (non-hydrogen) atoms. The maximum absolute atomic E-state index is 9.95. The molecule has 0 atom stereocenters. The van der Waals surface area contributed by atoms with Crippen molar-refractivity contribution in [2.24, 2.45) is 0 Å². The first-order valence-corrected chi connectivity index (χ1v) is 4.98. The van der Waals surface area contributed by atoms with Crippen molar-refractivity contribution < 1.29 is 4.79 Å². The summed E-state index contributed by atoms with van der Waals surface area (Å²) in [6.07, 6.45) is 0.510. The van der Waals surface area contributed by atoms with Gasteiger partial charge in [-0.1, -0.05) is 23.7 Å². The molecule has 0 aliphatic rings. The molecule has 0 unspecified atom stereocenters. The number of benzene rings is 1. The Hall–Kier alpha value is -1.33. The van der Waals surface area contributed by atoms with Gasteiger partial charge in [0, 0.05) is 11.6 Å². The molecule has 6 heteroatoms. The SMILES string of the molecule is O=CNNC(=S)NCc1ccc(Cl)cc1. The van der Waals surface area contributed by atoms with Crippen LogP contribution in [0.1, 0.15) is 5.56 Å². The number of rotatable bonds is 4. The molecule has 80 valence electrons. The van der Waals surface area contributed by atoms with E-state index in [-0.39, 0.29) is 0 Å². The van der Waals surface area contributed by atoms with Crippen LogP contribution in [0.3, 0.4) is 0 Å². The molecule has 0 radical (unpaired) electrons. The van der Waals surface area contributed by atoms with E-state index in [0.717, 1.165) is 5.56 Å².